The Balaban J connectivity index is 1.91. The number of nitrogen functional groups attached to an aromatic ring is 1. The molecule has 4 aromatic rings. The van der Waals surface area contributed by atoms with Crippen LogP contribution in [-0.2, 0) is 33.0 Å². The molecule has 1 unspecified atom stereocenters. The molecule has 1 atom stereocenters. The summed E-state index contributed by atoms with van der Waals surface area (Å²) in [6, 6.07) is 17.7. The Labute approximate surface area is 258 Å². The highest BCUT2D eigenvalue weighted by Crippen LogP contribution is 2.38. The number of anilines is 2. The molecule has 1 heterocycles. The number of pyridine rings is 1. The summed E-state index contributed by atoms with van der Waals surface area (Å²) >= 11 is 0. The topological polar surface area (TPSA) is 125 Å². The van der Waals surface area contributed by atoms with Crippen molar-refractivity contribution in [3.8, 4) is 11.5 Å². The zero-order valence-corrected chi connectivity index (χ0v) is 25.3. The van der Waals surface area contributed by atoms with Crippen molar-refractivity contribution in [1.29, 1.82) is 0 Å². The van der Waals surface area contributed by atoms with Crippen LogP contribution in [0.1, 0.15) is 44.4 Å². The number of carbonyl (C=O) groups excluding carboxylic acids is 2. The maximum absolute atomic E-state index is 14.2. The van der Waals surface area contributed by atoms with Crippen LogP contribution in [0.3, 0.4) is 0 Å². The molecule has 4 N–H and O–H groups in total. The number of hydrogen-bond acceptors (Lipinski definition) is 8. The van der Waals surface area contributed by atoms with Crippen LogP contribution in [-0.4, -0.2) is 35.7 Å². The van der Waals surface area contributed by atoms with Crippen LogP contribution >= 0.6 is 0 Å². The first-order valence-corrected chi connectivity index (χ1v) is 14.4. The van der Waals surface area contributed by atoms with Gasteiger partial charge in [-0.2, -0.15) is 13.2 Å². The van der Waals surface area contributed by atoms with Gasteiger partial charge in [0.25, 0.3) is 11.6 Å². The molecule has 0 saturated heterocycles. The fraction of sp³-hybridized carbons (Fsp3) is 0.303. The van der Waals surface area contributed by atoms with Gasteiger partial charge in [-0.15, -0.1) is 0 Å². The number of aromatic nitrogens is 1. The quantitative estimate of drug-likeness (QED) is 0.125. The van der Waals surface area contributed by atoms with Crippen molar-refractivity contribution >= 4 is 34.2 Å². The van der Waals surface area contributed by atoms with Crippen LogP contribution in [0.15, 0.2) is 72.9 Å². The number of nitrogens with one attached hydrogen (secondary N) is 2. The van der Waals surface area contributed by atoms with Crippen molar-refractivity contribution in [3.05, 3.63) is 89.6 Å². The average Bonchev–Trinajstić information content (AvgIpc) is 3.00. The van der Waals surface area contributed by atoms with Crippen molar-refractivity contribution in [1.82, 2.24) is 10.3 Å². The summed E-state index contributed by atoms with van der Waals surface area (Å²) in [5.74, 6) is -2.96. The summed E-state index contributed by atoms with van der Waals surface area (Å²) in [5.41, 5.74) is 4.95. The van der Waals surface area contributed by atoms with Crippen molar-refractivity contribution in [2.75, 3.05) is 17.7 Å². The van der Waals surface area contributed by atoms with Gasteiger partial charge in [-0.1, -0.05) is 31.2 Å². The van der Waals surface area contributed by atoms with Gasteiger partial charge in [-0.3, -0.25) is 4.79 Å². The minimum atomic E-state index is -5.42. The molecule has 0 bridgehead atoms. The van der Waals surface area contributed by atoms with Crippen molar-refractivity contribution in [3.63, 3.8) is 0 Å². The summed E-state index contributed by atoms with van der Waals surface area (Å²) in [7, 11) is 0. The first-order chi connectivity index (χ1) is 21.4. The number of rotatable bonds is 12. The monoisotopic (exact) mass is 624 g/mol. The molecule has 45 heavy (non-hydrogen) atoms. The molecule has 12 heteroatoms. The zero-order valence-electron chi connectivity index (χ0n) is 25.3. The molecular weight excluding hydrogens is 589 g/mol. The summed E-state index contributed by atoms with van der Waals surface area (Å²) in [6.45, 7) is 7.38. The van der Waals surface area contributed by atoms with Crippen LogP contribution in [0.4, 0.5) is 24.7 Å². The van der Waals surface area contributed by atoms with E-state index < -0.39 is 23.8 Å². The molecule has 238 valence electrons. The van der Waals surface area contributed by atoms with Gasteiger partial charge >= 0.3 is 12.1 Å². The van der Waals surface area contributed by atoms with Crippen LogP contribution in [0.2, 0.25) is 0 Å². The number of carbonyl (C=O) groups is 2. The van der Waals surface area contributed by atoms with E-state index in [1.807, 2.05) is 19.1 Å². The fourth-order valence-electron chi connectivity index (χ4n) is 4.79. The van der Waals surface area contributed by atoms with Crippen molar-refractivity contribution < 1.29 is 37.0 Å². The third-order valence-corrected chi connectivity index (χ3v) is 6.86. The Hall–Kier alpha value is -5.00. The Morgan fingerprint density at radius 1 is 0.956 bits per heavy atom. The first-order valence-electron chi connectivity index (χ1n) is 14.4. The number of alkyl halides is 3. The highest BCUT2D eigenvalue weighted by molar-refractivity contribution is 5.95. The number of nitrogens with zero attached hydrogens (tertiary/aromatic N) is 1. The van der Waals surface area contributed by atoms with Gasteiger partial charge in [0, 0.05) is 29.4 Å². The number of ether oxygens (including phenoxy) is 3. The van der Waals surface area contributed by atoms with E-state index in [4.69, 9.17) is 19.9 Å². The maximum atomic E-state index is 14.2. The molecule has 0 saturated carbocycles. The Kier molecular flexibility index (Phi) is 10.1. The number of amides is 1. The number of hydrogen-bond donors (Lipinski definition) is 3. The van der Waals surface area contributed by atoms with E-state index in [0.717, 1.165) is 11.1 Å². The lowest BCUT2D eigenvalue weighted by molar-refractivity contribution is -0.213. The van der Waals surface area contributed by atoms with Gasteiger partial charge in [-0.25, -0.2) is 9.78 Å². The molecule has 1 amide bonds. The summed E-state index contributed by atoms with van der Waals surface area (Å²) in [4.78, 5) is 30.8. The van der Waals surface area contributed by atoms with E-state index in [9.17, 15) is 22.8 Å². The van der Waals surface area contributed by atoms with Gasteiger partial charge in [0.15, 0.2) is 11.5 Å². The average molecular weight is 625 g/mol. The van der Waals surface area contributed by atoms with Gasteiger partial charge in [0.2, 0.25) is 0 Å². The Bertz CT molecular complexity index is 1680. The van der Waals surface area contributed by atoms with E-state index >= 15 is 0 Å². The smallest absolute Gasteiger partial charge is 0.490 e. The van der Waals surface area contributed by atoms with Crippen molar-refractivity contribution in [2.45, 2.75) is 58.7 Å². The second kappa shape index (κ2) is 13.7. The van der Waals surface area contributed by atoms with E-state index in [1.165, 1.54) is 30.5 Å². The standard InChI is InChI=1S/C33H35F3N4O5/c1-5-21-9-7-8-10-23(21)19-39-30(41)32(45-31(42)33(34,35)36,24-11-14-27(44-20(3)4)28(18-24)43-6-2)40-25-12-13-26-22(17-25)15-16-38-29(26)37/h7-18,20,40H,5-6,19H2,1-4H3,(H2,37,38)(H,39,41). The van der Waals surface area contributed by atoms with Gasteiger partial charge in [-0.05, 0) is 86.2 Å². The Morgan fingerprint density at radius 2 is 1.69 bits per heavy atom. The van der Waals surface area contributed by atoms with Crippen molar-refractivity contribution in [2.24, 2.45) is 0 Å². The van der Waals surface area contributed by atoms with Crippen LogP contribution in [0.5, 0.6) is 11.5 Å². The highest BCUT2D eigenvalue weighted by Gasteiger charge is 2.52. The predicted octanol–water partition coefficient (Wildman–Crippen LogP) is 6.25. The molecule has 4 rings (SSSR count). The van der Waals surface area contributed by atoms with E-state index in [2.05, 4.69) is 15.6 Å². The number of fused-ring (bicyclic) bond motifs is 1. The zero-order chi connectivity index (χ0) is 32.8. The fourth-order valence-corrected chi connectivity index (χ4v) is 4.79. The lowest BCUT2D eigenvalue weighted by atomic mass is 9.98. The van der Waals surface area contributed by atoms with Crippen LogP contribution in [0, 0.1) is 0 Å². The summed E-state index contributed by atoms with van der Waals surface area (Å²) < 4.78 is 58.1. The molecule has 1 aromatic heterocycles. The van der Waals surface area contributed by atoms with Crippen LogP contribution in [0.25, 0.3) is 10.8 Å². The summed E-state index contributed by atoms with van der Waals surface area (Å²) in [6.07, 6.45) is -3.56. The Morgan fingerprint density at radius 3 is 2.36 bits per heavy atom. The molecule has 9 nitrogen and oxygen atoms in total. The molecule has 3 aromatic carbocycles. The third kappa shape index (κ3) is 7.57. The number of esters is 1. The minimum absolute atomic E-state index is 0.0529. The predicted molar refractivity (Wildman–Crippen MR) is 165 cm³/mol. The van der Waals surface area contributed by atoms with E-state index in [0.29, 0.717) is 17.2 Å². The maximum Gasteiger partial charge on any atom is 0.491 e. The third-order valence-electron chi connectivity index (χ3n) is 6.86. The van der Waals surface area contributed by atoms with Gasteiger partial charge in [0.1, 0.15) is 5.82 Å². The molecule has 0 aliphatic heterocycles. The molecule has 0 spiro atoms. The highest BCUT2D eigenvalue weighted by atomic mass is 19.4. The van der Waals surface area contributed by atoms with E-state index in [1.54, 1.807) is 51.1 Å². The number of aryl methyl sites for hydroxylation is 1. The van der Waals surface area contributed by atoms with Gasteiger partial charge in [0.05, 0.1) is 12.7 Å². The second-order valence-electron chi connectivity index (χ2n) is 10.4. The minimum Gasteiger partial charge on any atom is -0.490 e. The molecule has 0 fully saturated rings. The number of benzene rings is 3. The molecule has 0 radical (unpaired) electrons. The SMILES string of the molecule is CCOc1cc(C(Nc2ccc3c(N)nccc3c2)(OC(=O)C(F)(F)F)C(=O)NCc2ccccc2CC)ccc1OC(C)C. The second-order valence-corrected chi connectivity index (χ2v) is 10.4. The largest absolute Gasteiger partial charge is 0.491 e. The lowest BCUT2D eigenvalue weighted by Crippen LogP contribution is -2.54. The number of nitrogens with two attached hydrogens (primary N) is 1. The normalized spacial score (nSPS) is 12.8. The molecule has 0 aliphatic carbocycles. The van der Waals surface area contributed by atoms with Crippen LogP contribution < -0.4 is 25.8 Å². The van der Waals surface area contributed by atoms with Gasteiger partial charge < -0.3 is 30.6 Å². The number of halogens is 3. The molecule has 0 aliphatic rings. The summed E-state index contributed by atoms with van der Waals surface area (Å²) in [5, 5.41) is 6.65. The lowest BCUT2D eigenvalue weighted by Gasteiger charge is -2.35. The van der Waals surface area contributed by atoms with E-state index in [-0.39, 0.29) is 47.8 Å². The first kappa shape index (κ1) is 32.9. The molecular formula is C33H35F3N4O5.